The second-order valence-electron chi connectivity index (χ2n) is 5.42. The van der Waals surface area contributed by atoms with Gasteiger partial charge in [-0.1, -0.05) is 18.7 Å². The molecule has 2 aromatic rings. The Balaban J connectivity index is 2.09. The number of hydrogen-bond acceptors (Lipinski definition) is 2. The minimum Gasteiger partial charge on any atom is -0.335 e. The van der Waals surface area contributed by atoms with E-state index in [1.165, 1.54) is 22.6 Å². The number of carbonyl (C=O) groups excluding carboxylic acids is 1. The molecule has 0 saturated heterocycles. The Kier molecular flexibility index (Phi) is 6.50. The third-order valence-electron chi connectivity index (χ3n) is 3.59. The average molecular weight is 333 g/mol. The molecule has 1 aromatic heterocycles. The second-order valence-corrected chi connectivity index (χ2v) is 6.42. The monoisotopic (exact) mass is 333 g/mol. The van der Waals surface area contributed by atoms with Gasteiger partial charge in [-0.05, 0) is 47.7 Å². The van der Waals surface area contributed by atoms with Crippen LogP contribution < -0.4 is 5.32 Å². The topological polar surface area (TPSA) is 36.9 Å². The highest BCUT2D eigenvalue weighted by Crippen LogP contribution is 2.19. The first-order chi connectivity index (χ1) is 11.1. The van der Waals surface area contributed by atoms with E-state index in [1.807, 2.05) is 15.6 Å². The zero-order chi connectivity index (χ0) is 16.7. The largest absolute Gasteiger partial charge is 0.335 e. The molecular weight excluding hydrogens is 311 g/mol. The summed E-state index contributed by atoms with van der Waals surface area (Å²) in [7, 11) is 0. The molecule has 23 heavy (non-hydrogen) atoms. The number of nitrogens with two attached hydrogens (primary N) is 1. The number of hydrogen-bond donors (Lipinski definition) is 1. The highest BCUT2D eigenvalue weighted by Gasteiger charge is 2.17. The molecule has 0 aliphatic rings. The van der Waals surface area contributed by atoms with E-state index in [1.54, 1.807) is 29.5 Å². The predicted octanol–water partition coefficient (Wildman–Crippen LogP) is 2.47. The van der Waals surface area contributed by atoms with Crippen LogP contribution >= 0.6 is 11.3 Å². The van der Waals surface area contributed by atoms with E-state index in [0.29, 0.717) is 26.2 Å². The molecule has 0 bridgehead atoms. The van der Waals surface area contributed by atoms with Gasteiger partial charge in [-0.3, -0.25) is 4.79 Å². The fraction of sp³-hybridized carbons (Fsp3) is 0.278. The van der Waals surface area contributed by atoms with Crippen molar-refractivity contribution < 1.29 is 14.5 Å². The quantitative estimate of drug-likeness (QED) is 0.585. The number of halogens is 1. The van der Waals surface area contributed by atoms with E-state index < -0.39 is 0 Å². The van der Waals surface area contributed by atoms with Crippen molar-refractivity contribution in [2.75, 3.05) is 13.1 Å². The molecule has 1 heterocycles. The highest BCUT2D eigenvalue weighted by atomic mass is 32.1. The van der Waals surface area contributed by atoms with E-state index in [2.05, 4.69) is 19.6 Å². The Bertz CT molecular complexity index is 651. The van der Waals surface area contributed by atoms with Crippen molar-refractivity contribution in [2.24, 2.45) is 0 Å². The van der Waals surface area contributed by atoms with Crippen LogP contribution in [0, 0.1) is 12.7 Å². The lowest BCUT2D eigenvalue weighted by molar-refractivity contribution is -0.635. The molecule has 0 spiro atoms. The molecule has 2 rings (SSSR count). The highest BCUT2D eigenvalue weighted by molar-refractivity contribution is 7.10. The van der Waals surface area contributed by atoms with Crippen molar-refractivity contribution in [2.45, 2.75) is 20.0 Å². The summed E-state index contributed by atoms with van der Waals surface area (Å²) in [5.41, 5.74) is 2.12. The van der Waals surface area contributed by atoms with Crippen molar-refractivity contribution in [1.29, 1.82) is 0 Å². The van der Waals surface area contributed by atoms with E-state index in [4.69, 9.17) is 0 Å². The third-order valence-corrected chi connectivity index (χ3v) is 4.60. The smallest absolute Gasteiger partial charge is 0.278 e. The zero-order valence-electron chi connectivity index (χ0n) is 13.3. The van der Waals surface area contributed by atoms with E-state index >= 15 is 0 Å². The number of benzene rings is 1. The summed E-state index contributed by atoms with van der Waals surface area (Å²) in [6.07, 6.45) is 1.78. The maximum Gasteiger partial charge on any atom is 0.278 e. The van der Waals surface area contributed by atoms with Crippen LogP contribution in [0.4, 0.5) is 4.39 Å². The Morgan fingerprint density at radius 2 is 2.04 bits per heavy atom. The maximum atomic E-state index is 13.1. The first kappa shape index (κ1) is 17.4. The van der Waals surface area contributed by atoms with Crippen LogP contribution in [0.2, 0.25) is 0 Å². The number of quaternary nitrogens is 1. The number of rotatable bonds is 8. The molecule has 0 unspecified atom stereocenters. The summed E-state index contributed by atoms with van der Waals surface area (Å²) in [4.78, 5) is 15.5. The maximum absolute atomic E-state index is 13.1. The lowest BCUT2D eigenvalue weighted by Crippen LogP contribution is -2.86. The molecule has 0 fully saturated rings. The van der Waals surface area contributed by atoms with Gasteiger partial charge in [0.1, 0.15) is 5.82 Å². The molecule has 1 amide bonds. The number of carbonyl (C=O) groups is 1. The van der Waals surface area contributed by atoms with Gasteiger partial charge in [0.05, 0.1) is 13.1 Å². The van der Waals surface area contributed by atoms with E-state index in [-0.39, 0.29) is 11.7 Å². The normalized spacial score (nSPS) is 10.5. The summed E-state index contributed by atoms with van der Waals surface area (Å²) >= 11 is 1.66. The molecule has 0 saturated carbocycles. The fourth-order valence-electron chi connectivity index (χ4n) is 2.24. The second kappa shape index (κ2) is 8.60. The third kappa shape index (κ3) is 5.30. The standard InChI is InChI=1S/C18H21FN2OS/c1-3-9-20-11-18(22)21(13-17-14(2)8-10-23-17)12-15-4-6-16(19)7-5-15/h3-8,10,20H,1,9,11-13H2,2H3/p+1. The lowest BCUT2D eigenvalue weighted by atomic mass is 10.2. The van der Waals surface area contributed by atoms with Gasteiger partial charge in [-0.25, -0.2) is 4.39 Å². The van der Waals surface area contributed by atoms with Crippen molar-refractivity contribution in [3.8, 4) is 0 Å². The summed E-state index contributed by atoms with van der Waals surface area (Å²) in [5.74, 6) is -0.191. The Hall–Kier alpha value is -1.98. The summed E-state index contributed by atoms with van der Waals surface area (Å²) in [6, 6.07) is 8.37. The fourth-order valence-corrected chi connectivity index (χ4v) is 3.16. The van der Waals surface area contributed by atoms with Crippen LogP contribution in [0.3, 0.4) is 0 Å². The van der Waals surface area contributed by atoms with Crippen LogP contribution in [0.25, 0.3) is 0 Å². The van der Waals surface area contributed by atoms with Crippen molar-refractivity contribution >= 4 is 17.2 Å². The molecule has 0 aliphatic carbocycles. The van der Waals surface area contributed by atoms with Crippen LogP contribution in [0.1, 0.15) is 16.0 Å². The zero-order valence-corrected chi connectivity index (χ0v) is 14.1. The van der Waals surface area contributed by atoms with Crippen molar-refractivity contribution in [1.82, 2.24) is 4.90 Å². The molecular formula is C18H22FN2OS+. The van der Waals surface area contributed by atoms with Crippen LogP contribution in [0.15, 0.2) is 48.4 Å². The number of thiophene rings is 1. The van der Waals surface area contributed by atoms with Crippen LogP contribution in [-0.4, -0.2) is 23.9 Å². The van der Waals surface area contributed by atoms with Crippen molar-refractivity contribution in [3.05, 3.63) is 70.2 Å². The molecule has 1 aromatic carbocycles. The van der Waals surface area contributed by atoms with Gasteiger partial charge in [0.2, 0.25) is 0 Å². The van der Waals surface area contributed by atoms with Crippen LogP contribution in [0.5, 0.6) is 0 Å². The van der Waals surface area contributed by atoms with Crippen LogP contribution in [-0.2, 0) is 17.9 Å². The summed E-state index contributed by atoms with van der Waals surface area (Å²) < 4.78 is 13.1. The van der Waals surface area contributed by atoms with E-state index in [0.717, 1.165) is 5.56 Å². The lowest BCUT2D eigenvalue weighted by Gasteiger charge is -2.22. The van der Waals surface area contributed by atoms with Gasteiger partial charge in [-0.2, -0.15) is 0 Å². The SMILES string of the molecule is C=CC[NH2+]CC(=O)N(Cc1ccc(F)cc1)Cc1sccc1C. The molecule has 0 atom stereocenters. The Morgan fingerprint density at radius 1 is 1.30 bits per heavy atom. The number of aryl methyl sites for hydroxylation is 1. The molecule has 0 aliphatic heterocycles. The predicted molar refractivity (Wildman–Crippen MR) is 91.6 cm³/mol. The molecule has 2 N–H and O–H groups in total. The molecule has 122 valence electrons. The average Bonchev–Trinajstić information content (AvgIpc) is 2.94. The minimum absolute atomic E-state index is 0.0731. The van der Waals surface area contributed by atoms with Gasteiger partial charge in [0.15, 0.2) is 6.54 Å². The number of amides is 1. The molecule has 0 radical (unpaired) electrons. The molecule has 5 heteroatoms. The Labute approximate surface area is 140 Å². The van der Waals surface area contributed by atoms with Gasteiger partial charge >= 0.3 is 0 Å². The first-order valence-electron chi connectivity index (χ1n) is 7.58. The Morgan fingerprint density at radius 3 is 2.65 bits per heavy atom. The number of nitrogens with zero attached hydrogens (tertiary/aromatic N) is 1. The summed E-state index contributed by atoms with van der Waals surface area (Å²) in [5, 5.41) is 3.96. The first-order valence-corrected chi connectivity index (χ1v) is 8.46. The van der Waals surface area contributed by atoms with Gasteiger partial charge in [-0.15, -0.1) is 11.3 Å². The van der Waals surface area contributed by atoms with Gasteiger partial charge < -0.3 is 10.2 Å². The summed E-state index contributed by atoms with van der Waals surface area (Å²) in [6.45, 7) is 7.89. The van der Waals surface area contributed by atoms with E-state index in [9.17, 15) is 9.18 Å². The van der Waals surface area contributed by atoms with Gasteiger partial charge in [0.25, 0.3) is 5.91 Å². The minimum atomic E-state index is -0.264. The van der Waals surface area contributed by atoms with Crippen molar-refractivity contribution in [3.63, 3.8) is 0 Å². The van der Waals surface area contributed by atoms with Gasteiger partial charge in [0, 0.05) is 11.4 Å². The molecule has 3 nitrogen and oxygen atoms in total.